The molecule has 2 aliphatic rings. The zero-order chi connectivity index (χ0) is 14.9. The van der Waals surface area contributed by atoms with Gasteiger partial charge in [-0.25, -0.2) is 0 Å². The number of piperidine rings is 1. The van der Waals surface area contributed by atoms with E-state index in [1.54, 1.807) is 0 Å². The van der Waals surface area contributed by atoms with Gasteiger partial charge in [0.05, 0.1) is 18.8 Å². The highest BCUT2D eigenvalue weighted by molar-refractivity contribution is 5.76. The van der Waals surface area contributed by atoms with Gasteiger partial charge in [-0.15, -0.1) is 0 Å². The van der Waals surface area contributed by atoms with Gasteiger partial charge in [0.2, 0.25) is 5.91 Å². The second-order valence-corrected chi connectivity index (χ2v) is 6.29. The van der Waals surface area contributed by atoms with Crippen LogP contribution in [-0.4, -0.2) is 60.9 Å². The SMILES string of the molecule is O=C(CCNCC(O)COC1CCCC1)N1CCCCC1. The van der Waals surface area contributed by atoms with E-state index in [9.17, 15) is 9.90 Å². The van der Waals surface area contributed by atoms with Gasteiger partial charge in [0.25, 0.3) is 0 Å². The van der Waals surface area contributed by atoms with Crippen LogP contribution in [0.1, 0.15) is 51.4 Å². The predicted octanol–water partition coefficient (Wildman–Crippen LogP) is 1.30. The number of hydrogen-bond donors (Lipinski definition) is 2. The smallest absolute Gasteiger partial charge is 0.223 e. The zero-order valence-electron chi connectivity index (χ0n) is 13.1. The molecule has 2 N–H and O–H groups in total. The second-order valence-electron chi connectivity index (χ2n) is 6.29. The van der Waals surface area contributed by atoms with Crippen LogP contribution in [0.3, 0.4) is 0 Å². The van der Waals surface area contributed by atoms with Crippen molar-refractivity contribution in [2.24, 2.45) is 0 Å². The van der Waals surface area contributed by atoms with Gasteiger partial charge in [0, 0.05) is 32.6 Å². The minimum atomic E-state index is -0.476. The third-order valence-corrected chi connectivity index (χ3v) is 4.43. The standard InChI is InChI=1S/C16H30N2O3/c19-14(13-21-15-6-2-3-7-15)12-17-9-8-16(20)18-10-4-1-5-11-18/h14-15,17,19H,1-13H2. The number of aliphatic hydroxyl groups excluding tert-OH is 1. The monoisotopic (exact) mass is 298 g/mol. The van der Waals surface area contributed by atoms with Crippen molar-refractivity contribution >= 4 is 5.91 Å². The molecule has 2 rings (SSSR count). The first-order valence-corrected chi connectivity index (χ1v) is 8.54. The molecule has 1 saturated heterocycles. The van der Waals surface area contributed by atoms with Gasteiger partial charge in [-0.3, -0.25) is 4.79 Å². The summed E-state index contributed by atoms with van der Waals surface area (Å²) in [6, 6.07) is 0. The Labute approximate surface area is 128 Å². The average Bonchev–Trinajstić information content (AvgIpc) is 3.03. The van der Waals surface area contributed by atoms with Crippen LogP contribution >= 0.6 is 0 Å². The molecular weight excluding hydrogens is 268 g/mol. The van der Waals surface area contributed by atoms with Crippen molar-refractivity contribution in [2.75, 3.05) is 32.8 Å². The average molecular weight is 298 g/mol. The summed E-state index contributed by atoms with van der Waals surface area (Å²) in [4.78, 5) is 13.9. The molecular formula is C16H30N2O3. The van der Waals surface area contributed by atoms with Crippen LogP contribution < -0.4 is 5.32 Å². The van der Waals surface area contributed by atoms with E-state index in [0.29, 0.717) is 32.2 Å². The minimum absolute atomic E-state index is 0.235. The van der Waals surface area contributed by atoms with E-state index in [-0.39, 0.29) is 5.91 Å². The number of hydrogen-bond acceptors (Lipinski definition) is 4. The Morgan fingerprint density at radius 1 is 1.19 bits per heavy atom. The fourth-order valence-electron chi connectivity index (χ4n) is 3.13. The fourth-order valence-corrected chi connectivity index (χ4v) is 3.13. The summed E-state index contributed by atoms with van der Waals surface area (Å²) in [5, 5.41) is 13.0. The summed E-state index contributed by atoms with van der Waals surface area (Å²) in [5.74, 6) is 0.235. The van der Waals surface area contributed by atoms with E-state index in [1.807, 2.05) is 4.90 Å². The fraction of sp³-hybridized carbons (Fsp3) is 0.938. The van der Waals surface area contributed by atoms with Crippen molar-refractivity contribution in [3.05, 3.63) is 0 Å². The molecule has 0 spiro atoms. The largest absolute Gasteiger partial charge is 0.389 e. The van der Waals surface area contributed by atoms with Gasteiger partial charge in [0.1, 0.15) is 0 Å². The lowest BCUT2D eigenvalue weighted by atomic mass is 10.1. The Kier molecular flexibility index (Phi) is 7.47. The molecule has 0 aromatic heterocycles. The summed E-state index contributed by atoms with van der Waals surface area (Å²) < 4.78 is 5.67. The number of rotatable bonds is 8. The Hall–Kier alpha value is -0.650. The number of nitrogens with zero attached hydrogens (tertiary/aromatic N) is 1. The molecule has 0 aromatic rings. The van der Waals surface area contributed by atoms with E-state index in [1.165, 1.54) is 19.3 Å². The molecule has 1 atom stereocenters. The van der Waals surface area contributed by atoms with Crippen LogP contribution in [0.25, 0.3) is 0 Å². The van der Waals surface area contributed by atoms with Gasteiger partial charge >= 0.3 is 0 Å². The number of amides is 1. The molecule has 1 aliphatic carbocycles. The molecule has 1 aliphatic heterocycles. The van der Waals surface area contributed by atoms with Crippen LogP contribution in [0.2, 0.25) is 0 Å². The maximum absolute atomic E-state index is 11.9. The van der Waals surface area contributed by atoms with E-state index >= 15 is 0 Å². The Morgan fingerprint density at radius 3 is 2.62 bits per heavy atom. The van der Waals surface area contributed by atoms with Gasteiger partial charge in [-0.05, 0) is 32.1 Å². The number of carbonyl (C=O) groups excluding carboxylic acids is 1. The van der Waals surface area contributed by atoms with Crippen LogP contribution in [0.15, 0.2) is 0 Å². The molecule has 1 unspecified atom stereocenters. The lowest BCUT2D eigenvalue weighted by molar-refractivity contribution is -0.132. The third kappa shape index (κ3) is 6.32. The van der Waals surface area contributed by atoms with Crippen molar-refractivity contribution in [1.29, 1.82) is 0 Å². The van der Waals surface area contributed by atoms with Crippen molar-refractivity contribution in [2.45, 2.75) is 63.6 Å². The lowest BCUT2D eigenvalue weighted by Gasteiger charge is -2.26. The summed E-state index contributed by atoms with van der Waals surface area (Å²) in [7, 11) is 0. The molecule has 2 fully saturated rings. The Bertz CT molecular complexity index is 300. The quantitative estimate of drug-likeness (QED) is 0.663. The first-order valence-electron chi connectivity index (χ1n) is 8.54. The molecule has 5 nitrogen and oxygen atoms in total. The second kappa shape index (κ2) is 9.38. The van der Waals surface area contributed by atoms with Crippen molar-refractivity contribution in [3.63, 3.8) is 0 Å². The summed E-state index contributed by atoms with van der Waals surface area (Å²) in [6.45, 7) is 3.36. The summed E-state index contributed by atoms with van der Waals surface area (Å²) in [6.07, 6.45) is 8.67. The third-order valence-electron chi connectivity index (χ3n) is 4.43. The molecule has 0 radical (unpaired) electrons. The number of aliphatic hydroxyl groups is 1. The zero-order valence-corrected chi connectivity index (χ0v) is 13.1. The van der Waals surface area contributed by atoms with Gasteiger partial charge in [-0.1, -0.05) is 12.8 Å². The highest BCUT2D eigenvalue weighted by atomic mass is 16.5. The highest BCUT2D eigenvalue weighted by Crippen LogP contribution is 2.20. The van der Waals surface area contributed by atoms with Crippen LogP contribution in [-0.2, 0) is 9.53 Å². The maximum Gasteiger partial charge on any atom is 0.223 e. The highest BCUT2D eigenvalue weighted by Gasteiger charge is 2.17. The van der Waals surface area contributed by atoms with Crippen molar-refractivity contribution < 1.29 is 14.6 Å². The van der Waals surface area contributed by atoms with E-state index in [0.717, 1.165) is 38.8 Å². The van der Waals surface area contributed by atoms with Crippen LogP contribution in [0.4, 0.5) is 0 Å². The Morgan fingerprint density at radius 2 is 1.90 bits per heavy atom. The molecule has 1 amide bonds. The van der Waals surface area contributed by atoms with Gasteiger partial charge in [-0.2, -0.15) is 0 Å². The molecule has 0 bridgehead atoms. The maximum atomic E-state index is 11.9. The molecule has 1 saturated carbocycles. The van der Waals surface area contributed by atoms with Gasteiger partial charge in [0.15, 0.2) is 0 Å². The number of nitrogens with one attached hydrogen (secondary N) is 1. The first kappa shape index (κ1) is 16.7. The Balaban J connectivity index is 1.47. The number of ether oxygens (including phenoxy) is 1. The van der Waals surface area contributed by atoms with Crippen LogP contribution in [0.5, 0.6) is 0 Å². The predicted molar refractivity (Wildman–Crippen MR) is 82.1 cm³/mol. The van der Waals surface area contributed by atoms with Crippen LogP contribution in [0, 0.1) is 0 Å². The number of likely N-dealkylation sites (tertiary alicyclic amines) is 1. The molecule has 21 heavy (non-hydrogen) atoms. The molecule has 0 aromatic carbocycles. The normalized spacial score (nSPS) is 21.7. The van der Waals surface area contributed by atoms with Crippen molar-refractivity contribution in [1.82, 2.24) is 10.2 Å². The molecule has 122 valence electrons. The van der Waals surface area contributed by atoms with Crippen molar-refractivity contribution in [3.8, 4) is 0 Å². The minimum Gasteiger partial charge on any atom is -0.389 e. The molecule has 5 heteroatoms. The summed E-state index contributed by atoms with van der Waals surface area (Å²) in [5.41, 5.74) is 0. The van der Waals surface area contributed by atoms with E-state index in [2.05, 4.69) is 5.32 Å². The first-order chi connectivity index (χ1) is 10.3. The number of carbonyl (C=O) groups is 1. The molecule has 1 heterocycles. The summed E-state index contributed by atoms with van der Waals surface area (Å²) >= 11 is 0. The van der Waals surface area contributed by atoms with E-state index < -0.39 is 6.10 Å². The van der Waals surface area contributed by atoms with Gasteiger partial charge < -0.3 is 20.1 Å². The van der Waals surface area contributed by atoms with E-state index in [4.69, 9.17) is 4.74 Å². The topological polar surface area (TPSA) is 61.8 Å². The lowest BCUT2D eigenvalue weighted by Crippen LogP contribution is -2.38.